The Morgan fingerprint density at radius 1 is 0.593 bits per heavy atom. The number of carboxylic acids is 3. The highest BCUT2D eigenvalue weighted by Gasteiger charge is 2.42. The van der Waals surface area contributed by atoms with Gasteiger partial charge >= 0.3 is 17.9 Å². The number of ketones is 1. The zero-order chi connectivity index (χ0) is 69.0. The fraction of sp³-hybridized carbons (Fsp3) is 0.614. The predicted molar refractivity (Wildman–Crippen MR) is 322 cm³/mol. The van der Waals surface area contributed by atoms with Crippen LogP contribution >= 0.6 is 11.8 Å². The van der Waals surface area contributed by atoms with Crippen LogP contribution in [0.1, 0.15) is 118 Å². The number of Topliss-reactive ketones (excluding diaryl/α,β-unsaturated/α-hetero) is 1. The minimum atomic E-state index is -1.90. The Kier molecular flexibility index (Phi) is 33.1. The van der Waals surface area contributed by atoms with E-state index in [2.05, 4.69) is 53.2 Å². The molecule has 0 radical (unpaired) electrons. The van der Waals surface area contributed by atoms with E-state index in [1.54, 1.807) is 40.9 Å². The maximum absolute atomic E-state index is 14.4. The normalized spacial score (nSPS) is 16.0. The summed E-state index contributed by atoms with van der Waals surface area (Å²) in [5.41, 5.74) is 5.69. The van der Waals surface area contributed by atoms with Crippen LogP contribution in [0.4, 0.5) is 0 Å². The topological polar surface area (TPSA) is 524 Å². The molecular formula is C57H86N12O21S. The number of nitrogens with two attached hydrogens (primary N) is 1. The molecule has 1 fully saturated rings. The van der Waals surface area contributed by atoms with Crippen molar-refractivity contribution in [2.24, 2.45) is 17.6 Å². The number of hydrogen-bond acceptors (Lipinski definition) is 19. The number of phenols is 1. The largest absolute Gasteiger partial charge is 0.508 e. The van der Waals surface area contributed by atoms with Crippen molar-refractivity contribution >= 4 is 106 Å². The Hall–Kier alpha value is -8.95. The summed E-state index contributed by atoms with van der Waals surface area (Å²) in [6.07, 6.45) is -2.86. The maximum Gasteiger partial charge on any atom is 0.305 e. The second-order valence-corrected chi connectivity index (χ2v) is 23.3. The van der Waals surface area contributed by atoms with Crippen molar-refractivity contribution in [2.75, 3.05) is 25.1 Å². The molecular weight excluding hydrogens is 1220 g/mol. The lowest BCUT2D eigenvalue weighted by Crippen LogP contribution is -2.61. The summed E-state index contributed by atoms with van der Waals surface area (Å²) in [5.74, 6) is -18.7. The van der Waals surface area contributed by atoms with E-state index in [0.29, 0.717) is 5.56 Å². The van der Waals surface area contributed by atoms with Crippen LogP contribution in [0.5, 0.6) is 5.75 Å². The molecule has 0 aromatic heterocycles. The first-order valence-corrected chi connectivity index (χ1v) is 30.7. The van der Waals surface area contributed by atoms with Gasteiger partial charge in [-0.25, -0.2) is 0 Å². The standard InChI is InChI=1S/C57H86N12O21S/c1-9-11-33(62-54(87)39-12-10-22-69(39)57(90)45(28(4)5)67-55(88)44(27(2)3)66-51(84)35(18-20-42(76)77)63-49(82)34(60-30(7)71)17-19-41(74)75)47(80)56(89)59-26-40(73)61-36(21-23-91-8)50(83)65-38(25-43(78)79)52(85)64-37(24-31-13-15-32(72)16-14-31)53(86)68-46(29(6)70)48(58)81/h13-16,27-29,33-39,44-46,70,72H,9-12,17-26H2,1-8H3,(H2,58,81)(H,59,89)(H,60,71)(H,61,73)(H,62,87)(H,63,82)(H,64,85)(H,65,83)(H,66,84)(H,67,88)(H,68,86)(H,74,75)(H,76,77)(H,78,79). The van der Waals surface area contributed by atoms with Gasteiger partial charge in [-0.1, -0.05) is 53.2 Å². The summed E-state index contributed by atoms with van der Waals surface area (Å²) in [7, 11) is 0. The third kappa shape index (κ3) is 27.0. The number of aliphatic hydroxyl groups is 1. The highest BCUT2D eigenvalue weighted by atomic mass is 32.2. The van der Waals surface area contributed by atoms with Crippen molar-refractivity contribution in [3.8, 4) is 5.75 Å². The number of nitrogens with one attached hydrogen (secondary N) is 10. The Balaban J connectivity index is 2.25. The highest BCUT2D eigenvalue weighted by Crippen LogP contribution is 2.22. The first-order valence-electron chi connectivity index (χ1n) is 29.3. The number of likely N-dealkylation sites (tertiary alicyclic amines) is 1. The number of phenolic OH excluding ortho intramolecular Hbond substituents is 1. The van der Waals surface area contributed by atoms with E-state index < -0.39 is 205 Å². The van der Waals surface area contributed by atoms with E-state index in [1.165, 1.54) is 40.9 Å². The van der Waals surface area contributed by atoms with Gasteiger partial charge < -0.3 is 89.3 Å². The molecule has 11 unspecified atom stereocenters. The number of carbonyl (C=O) groups excluding carboxylic acids is 13. The van der Waals surface area contributed by atoms with Crippen molar-refractivity contribution < 1.29 is 102 Å². The minimum Gasteiger partial charge on any atom is -0.508 e. The number of hydrogen-bond donors (Lipinski definition) is 16. The molecule has 12 amide bonds. The average Bonchev–Trinajstić information content (AvgIpc) is 3.74. The summed E-state index contributed by atoms with van der Waals surface area (Å²) >= 11 is 1.24. The van der Waals surface area contributed by atoms with Gasteiger partial charge in [-0.2, -0.15) is 11.8 Å². The van der Waals surface area contributed by atoms with E-state index >= 15 is 0 Å². The molecule has 34 heteroatoms. The van der Waals surface area contributed by atoms with Crippen LogP contribution < -0.4 is 58.9 Å². The van der Waals surface area contributed by atoms with E-state index in [9.17, 15) is 97.1 Å². The summed E-state index contributed by atoms with van der Waals surface area (Å²) in [6, 6.07) is -9.76. The Labute approximate surface area is 528 Å². The highest BCUT2D eigenvalue weighted by molar-refractivity contribution is 7.98. The van der Waals surface area contributed by atoms with Gasteiger partial charge in [0.15, 0.2) is 0 Å². The van der Waals surface area contributed by atoms with Crippen molar-refractivity contribution in [3.63, 3.8) is 0 Å². The van der Waals surface area contributed by atoms with Gasteiger partial charge in [-0.15, -0.1) is 0 Å². The molecule has 17 N–H and O–H groups in total. The summed E-state index contributed by atoms with van der Waals surface area (Å²) < 4.78 is 0. The Morgan fingerprint density at radius 2 is 1.09 bits per heavy atom. The van der Waals surface area contributed by atoms with E-state index in [-0.39, 0.29) is 63.0 Å². The number of aliphatic hydroxyl groups excluding tert-OH is 1. The fourth-order valence-corrected chi connectivity index (χ4v) is 9.76. The third-order valence-electron chi connectivity index (χ3n) is 14.2. The Morgan fingerprint density at radius 3 is 1.59 bits per heavy atom. The first kappa shape index (κ1) is 78.1. The SMILES string of the molecule is CCCC(NC(=O)C1CCCN1C(=O)C(NC(=O)C(NC(=O)C(CCC(=O)O)NC(=O)C(CCC(=O)O)NC(C)=O)C(C)C)C(C)C)C(=O)C(=O)NCC(=O)NC(CCSC)C(=O)NC(CC(=O)O)C(=O)NC(Cc1ccc(O)cc1)C(=O)NC(C(N)=O)C(C)O. The van der Waals surface area contributed by atoms with Gasteiger partial charge in [0.05, 0.1) is 25.1 Å². The van der Waals surface area contributed by atoms with Gasteiger partial charge in [-0.05, 0) is 87.0 Å². The molecule has 0 aliphatic carbocycles. The molecule has 1 aromatic carbocycles. The molecule has 0 spiro atoms. The molecule has 0 saturated carbocycles. The second kappa shape index (κ2) is 38.6. The number of thioether (sulfide) groups is 1. The van der Waals surface area contributed by atoms with Gasteiger partial charge in [0.1, 0.15) is 60.1 Å². The fourth-order valence-electron chi connectivity index (χ4n) is 9.29. The maximum atomic E-state index is 14.4. The summed E-state index contributed by atoms with van der Waals surface area (Å²) in [6.45, 7) is 9.24. The average molecular weight is 1310 g/mol. The van der Waals surface area contributed by atoms with Crippen LogP contribution in [-0.4, -0.2) is 217 Å². The lowest BCUT2D eigenvalue weighted by molar-refractivity contribution is -0.144. The van der Waals surface area contributed by atoms with Crippen LogP contribution in [0.3, 0.4) is 0 Å². The molecule has 33 nitrogen and oxygen atoms in total. The first-order chi connectivity index (χ1) is 42.6. The van der Waals surface area contributed by atoms with Gasteiger partial charge in [0.2, 0.25) is 70.8 Å². The number of carboxylic acid groups (broad SMARTS) is 3. The number of nitrogens with zero attached hydrogens (tertiary/aromatic N) is 1. The molecule has 11 atom stereocenters. The molecule has 1 aliphatic rings. The lowest BCUT2D eigenvalue weighted by atomic mass is 9.98. The molecule has 1 saturated heterocycles. The number of aliphatic carboxylic acids is 3. The molecule has 2 rings (SSSR count). The smallest absolute Gasteiger partial charge is 0.305 e. The monoisotopic (exact) mass is 1310 g/mol. The molecule has 506 valence electrons. The summed E-state index contributed by atoms with van der Waals surface area (Å²) in [4.78, 5) is 211. The molecule has 0 bridgehead atoms. The predicted octanol–water partition coefficient (Wildman–Crippen LogP) is -4.07. The minimum absolute atomic E-state index is 0.00941. The van der Waals surface area contributed by atoms with Gasteiger partial charge in [0, 0.05) is 32.7 Å². The van der Waals surface area contributed by atoms with Crippen LogP contribution in [0.2, 0.25) is 0 Å². The van der Waals surface area contributed by atoms with Crippen LogP contribution in [0.15, 0.2) is 24.3 Å². The number of benzene rings is 1. The zero-order valence-electron chi connectivity index (χ0n) is 51.9. The molecule has 1 aliphatic heterocycles. The van der Waals surface area contributed by atoms with Crippen molar-refractivity contribution in [2.45, 2.75) is 186 Å². The van der Waals surface area contributed by atoms with Crippen molar-refractivity contribution in [3.05, 3.63) is 29.8 Å². The van der Waals surface area contributed by atoms with Crippen LogP contribution in [0, 0.1) is 11.8 Å². The molecule has 91 heavy (non-hydrogen) atoms. The van der Waals surface area contributed by atoms with Crippen LogP contribution in [0.25, 0.3) is 0 Å². The van der Waals surface area contributed by atoms with Gasteiger partial charge in [0.25, 0.3) is 5.91 Å². The van der Waals surface area contributed by atoms with E-state index in [1.807, 2.05) is 0 Å². The third-order valence-corrected chi connectivity index (χ3v) is 14.8. The number of carbonyl (C=O) groups is 16. The lowest BCUT2D eigenvalue weighted by Gasteiger charge is -2.33. The quantitative estimate of drug-likeness (QED) is 0.0278. The zero-order valence-corrected chi connectivity index (χ0v) is 52.7. The number of rotatable bonds is 40. The molecule has 1 heterocycles. The number of amides is 12. The number of primary amides is 1. The second-order valence-electron chi connectivity index (χ2n) is 22.3. The van der Waals surface area contributed by atoms with Crippen molar-refractivity contribution in [1.82, 2.24) is 58.1 Å². The van der Waals surface area contributed by atoms with Crippen LogP contribution in [-0.2, 0) is 83.1 Å². The van der Waals surface area contributed by atoms with E-state index in [0.717, 1.165) is 13.8 Å². The van der Waals surface area contributed by atoms with E-state index in [4.69, 9.17) is 10.8 Å². The Bertz CT molecular complexity index is 2800. The van der Waals surface area contributed by atoms with Crippen molar-refractivity contribution in [1.29, 1.82) is 0 Å². The summed E-state index contributed by atoms with van der Waals surface area (Å²) in [5, 5.41) is 71.7. The number of aromatic hydroxyl groups is 1. The molecule has 1 aromatic rings. The van der Waals surface area contributed by atoms with Gasteiger partial charge in [-0.3, -0.25) is 76.7 Å².